The minimum absolute atomic E-state index is 0.101. The first-order valence-electron chi connectivity index (χ1n) is 5.66. The third-order valence-corrected chi connectivity index (χ3v) is 4.65. The summed E-state index contributed by atoms with van der Waals surface area (Å²) in [6.07, 6.45) is 0. The molecule has 0 fully saturated rings. The quantitative estimate of drug-likeness (QED) is 0.601. The summed E-state index contributed by atoms with van der Waals surface area (Å²) in [5.74, 6) is -1.00. The first kappa shape index (κ1) is 13.5. The second-order valence-corrected chi connectivity index (χ2v) is 6.23. The van der Waals surface area contributed by atoms with Gasteiger partial charge in [0.1, 0.15) is 10.6 Å². The molecule has 0 aliphatic carbocycles. The molecule has 6 nitrogen and oxygen atoms in total. The summed E-state index contributed by atoms with van der Waals surface area (Å²) in [6, 6.07) is 3.49. The van der Waals surface area contributed by atoms with Gasteiger partial charge in [-0.1, -0.05) is 0 Å². The maximum absolute atomic E-state index is 12.2. The molecular weight excluding hydrogens is 270 g/mol. The summed E-state index contributed by atoms with van der Waals surface area (Å²) in [4.78, 5) is 22.8. The third-order valence-electron chi connectivity index (χ3n) is 2.65. The number of carbonyl (C=O) groups excluding carboxylic acids is 2. The molecule has 19 heavy (non-hydrogen) atoms. The minimum Gasteiger partial charge on any atom is -0.427 e. The highest BCUT2D eigenvalue weighted by Crippen LogP contribution is 2.34. The number of sulfonamides is 1. The summed E-state index contributed by atoms with van der Waals surface area (Å²) < 4.78 is 30.1. The molecule has 102 valence electrons. The molecule has 0 atom stereocenters. The van der Waals surface area contributed by atoms with Crippen LogP contribution in [0.3, 0.4) is 0 Å². The van der Waals surface area contributed by atoms with Gasteiger partial charge in [-0.15, -0.1) is 0 Å². The van der Waals surface area contributed by atoms with Gasteiger partial charge in [0.25, 0.3) is 15.9 Å². The van der Waals surface area contributed by atoms with E-state index in [2.05, 4.69) is 0 Å². The summed E-state index contributed by atoms with van der Waals surface area (Å²) in [7, 11) is -3.86. The van der Waals surface area contributed by atoms with Crippen LogP contribution in [0.4, 0.5) is 0 Å². The number of amides is 1. The van der Waals surface area contributed by atoms with E-state index in [1.54, 1.807) is 13.8 Å². The van der Waals surface area contributed by atoms with Gasteiger partial charge in [0, 0.05) is 19.0 Å². The van der Waals surface area contributed by atoms with Crippen LogP contribution >= 0.6 is 0 Å². The number of hydrogen-bond donors (Lipinski definition) is 0. The van der Waals surface area contributed by atoms with Crippen molar-refractivity contribution >= 4 is 21.9 Å². The molecule has 0 saturated heterocycles. The number of carbonyl (C=O) groups is 2. The Morgan fingerprint density at radius 1 is 1.32 bits per heavy atom. The van der Waals surface area contributed by atoms with Crippen LogP contribution in [-0.4, -0.2) is 30.6 Å². The largest absolute Gasteiger partial charge is 0.427 e. The average Bonchev–Trinajstić information content (AvgIpc) is 2.45. The molecule has 0 unspecified atom stereocenters. The zero-order valence-electron chi connectivity index (χ0n) is 10.7. The summed E-state index contributed by atoms with van der Waals surface area (Å²) in [5, 5.41) is 0. The summed E-state index contributed by atoms with van der Waals surface area (Å²) in [5.41, 5.74) is 0.101. The standard InChI is InChI=1S/C12H13NO5S/c1-7(2)13-12(15)10-5-4-9(18-8(3)14)6-11(10)19(13,16)17/h4-7H,1-3H3. The van der Waals surface area contributed by atoms with E-state index in [0.717, 1.165) is 4.31 Å². The zero-order chi connectivity index (χ0) is 14.4. The molecule has 0 aromatic heterocycles. The molecule has 1 aliphatic heterocycles. The molecule has 7 heteroatoms. The van der Waals surface area contributed by atoms with Crippen molar-refractivity contribution in [3.63, 3.8) is 0 Å². The summed E-state index contributed by atoms with van der Waals surface area (Å²) in [6.45, 7) is 4.45. The van der Waals surface area contributed by atoms with Gasteiger partial charge >= 0.3 is 5.97 Å². The Kier molecular flexibility index (Phi) is 3.09. The monoisotopic (exact) mass is 283 g/mol. The van der Waals surface area contributed by atoms with Gasteiger partial charge in [0.2, 0.25) is 0 Å². The van der Waals surface area contributed by atoms with E-state index in [0.29, 0.717) is 0 Å². The van der Waals surface area contributed by atoms with Crippen LogP contribution in [0.25, 0.3) is 0 Å². The number of hydrogen-bond acceptors (Lipinski definition) is 5. The van der Waals surface area contributed by atoms with E-state index >= 15 is 0 Å². The molecule has 0 bridgehead atoms. The molecule has 1 heterocycles. The fourth-order valence-corrected chi connectivity index (χ4v) is 3.75. The number of ether oxygens (including phenoxy) is 1. The van der Waals surface area contributed by atoms with Crippen molar-refractivity contribution in [3.8, 4) is 5.75 Å². The number of esters is 1. The maximum atomic E-state index is 12.2. The van der Waals surface area contributed by atoms with E-state index in [9.17, 15) is 18.0 Å². The van der Waals surface area contributed by atoms with Crippen LogP contribution in [0.1, 0.15) is 31.1 Å². The van der Waals surface area contributed by atoms with Crippen LogP contribution in [-0.2, 0) is 14.8 Å². The van der Waals surface area contributed by atoms with Gasteiger partial charge < -0.3 is 4.74 Å². The van der Waals surface area contributed by atoms with Crippen LogP contribution in [0.15, 0.2) is 23.1 Å². The zero-order valence-corrected chi connectivity index (χ0v) is 11.5. The second-order valence-electron chi connectivity index (χ2n) is 4.45. The Bertz CT molecular complexity index is 663. The van der Waals surface area contributed by atoms with Gasteiger partial charge in [-0.25, -0.2) is 12.7 Å². The Labute approximate surface area is 111 Å². The average molecular weight is 283 g/mol. The van der Waals surface area contributed by atoms with Crippen LogP contribution in [0, 0.1) is 0 Å². The van der Waals surface area contributed by atoms with E-state index in [4.69, 9.17) is 4.74 Å². The van der Waals surface area contributed by atoms with Crippen LogP contribution < -0.4 is 4.74 Å². The third kappa shape index (κ3) is 2.10. The molecule has 2 rings (SSSR count). The van der Waals surface area contributed by atoms with E-state index in [-0.39, 0.29) is 16.2 Å². The topological polar surface area (TPSA) is 80.8 Å². The van der Waals surface area contributed by atoms with Crippen molar-refractivity contribution in [2.75, 3.05) is 0 Å². The summed E-state index contributed by atoms with van der Waals surface area (Å²) >= 11 is 0. The molecule has 0 radical (unpaired) electrons. The second kappa shape index (κ2) is 4.34. The van der Waals surface area contributed by atoms with E-state index in [1.165, 1.54) is 25.1 Å². The lowest BCUT2D eigenvalue weighted by Gasteiger charge is -2.18. The highest BCUT2D eigenvalue weighted by Gasteiger charge is 2.42. The van der Waals surface area contributed by atoms with Crippen LogP contribution in [0.2, 0.25) is 0 Å². The van der Waals surface area contributed by atoms with E-state index < -0.39 is 27.9 Å². The Morgan fingerprint density at radius 2 is 1.95 bits per heavy atom. The van der Waals surface area contributed by atoms with Crippen molar-refractivity contribution < 1.29 is 22.7 Å². The Morgan fingerprint density at radius 3 is 2.47 bits per heavy atom. The van der Waals surface area contributed by atoms with Crippen molar-refractivity contribution in [1.82, 2.24) is 4.31 Å². The fourth-order valence-electron chi connectivity index (χ4n) is 1.97. The highest BCUT2D eigenvalue weighted by atomic mass is 32.2. The van der Waals surface area contributed by atoms with Gasteiger partial charge in [-0.3, -0.25) is 9.59 Å². The van der Waals surface area contributed by atoms with Crippen molar-refractivity contribution in [1.29, 1.82) is 0 Å². The predicted molar refractivity (Wildman–Crippen MR) is 66.2 cm³/mol. The van der Waals surface area contributed by atoms with Gasteiger partial charge in [0.15, 0.2) is 0 Å². The van der Waals surface area contributed by atoms with Crippen molar-refractivity contribution in [3.05, 3.63) is 23.8 Å². The van der Waals surface area contributed by atoms with Crippen LogP contribution in [0.5, 0.6) is 5.75 Å². The van der Waals surface area contributed by atoms with Gasteiger partial charge in [-0.05, 0) is 26.0 Å². The Hall–Kier alpha value is -1.89. The lowest BCUT2D eigenvalue weighted by Crippen LogP contribution is -2.36. The smallest absolute Gasteiger partial charge is 0.308 e. The first-order valence-corrected chi connectivity index (χ1v) is 7.10. The molecule has 0 N–H and O–H groups in total. The molecule has 0 spiro atoms. The number of rotatable bonds is 2. The highest BCUT2D eigenvalue weighted by molar-refractivity contribution is 7.90. The Balaban J connectivity index is 2.57. The minimum atomic E-state index is -3.86. The fraction of sp³-hybridized carbons (Fsp3) is 0.333. The molecule has 1 aromatic carbocycles. The molecule has 1 aliphatic rings. The molecule has 1 aromatic rings. The van der Waals surface area contributed by atoms with Gasteiger partial charge in [0.05, 0.1) is 5.56 Å². The predicted octanol–water partition coefficient (Wildman–Crippen LogP) is 1.16. The SMILES string of the molecule is CC(=O)Oc1ccc2c(c1)S(=O)(=O)N(C(C)C)C2=O. The first-order chi connectivity index (χ1) is 8.75. The number of benzene rings is 1. The normalized spacial score (nSPS) is 16.6. The number of nitrogens with zero attached hydrogens (tertiary/aromatic N) is 1. The molecular formula is C12H13NO5S. The maximum Gasteiger partial charge on any atom is 0.308 e. The lowest BCUT2D eigenvalue weighted by molar-refractivity contribution is -0.131. The molecule has 1 amide bonds. The number of fused-ring (bicyclic) bond motifs is 1. The lowest BCUT2D eigenvalue weighted by atomic mass is 10.2. The molecule has 0 saturated carbocycles. The van der Waals surface area contributed by atoms with Crippen molar-refractivity contribution in [2.45, 2.75) is 31.7 Å². The van der Waals surface area contributed by atoms with E-state index in [1.807, 2.05) is 0 Å². The van der Waals surface area contributed by atoms with Crippen molar-refractivity contribution in [2.24, 2.45) is 0 Å². The van der Waals surface area contributed by atoms with Gasteiger partial charge in [-0.2, -0.15) is 0 Å².